The summed E-state index contributed by atoms with van der Waals surface area (Å²) in [4.78, 5) is 22.2. The maximum absolute atomic E-state index is 11.5. The van der Waals surface area contributed by atoms with Gasteiger partial charge < -0.3 is 15.2 Å². The molecule has 0 spiro atoms. The van der Waals surface area contributed by atoms with Gasteiger partial charge in [-0.05, 0) is 24.6 Å². The normalized spacial score (nSPS) is 11.7. The predicted octanol–water partition coefficient (Wildman–Crippen LogP) is 2.09. The Morgan fingerprint density at radius 3 is 2.79 bits per heavy atom. The fourth-order valence-electron chi connectivity index (χ4n) is 1.42. The molecule has 5 nitrogen and oxygen atoms in total. The first-order valence-corrected chi connectivity index (χ1v) is 6.31. The van der Waals surface area contributed by atoms with E-state index in [0.29, 0.717) is 17.2 Å². The lowest BCUT2D eigenvalue weighted by Gasteiger charge is -2.12. The van der Waals surface area contributed by atoms with Crippen LogP contribution < -0.4 is 10.1 Å². The lowest BCUT2D eigenvalue weighted by atomic mass is 10.2. The minimum absolute atomic E-state index is 0.0935. The number of hydrogen-bond donors (Lipinski definition) is 2. The topological polar surface area (TPSA) is 75.6 Å². The monoisotopic (exact) mass is 285 g/mol. The molecule has 0 fully saturated rings. The number of carbonyl (C=O) groups excluding carboxylic acids is 1. The van der Waals surface area contributed by atoms with Crippen LogP contribution in [0, 0.1) is 0 Å². The van der Waals surface area contributed by atoms with Crippen LogP contribution in [0.25, 0.3) is 0 Å². The summed E-state index contributed by atoms with van der Waals surface area (Å²) in [6.07, 6.45) is 0.437. The first-order valence-electron chi connectivity index (χ1n) is 5.93. The van der Waals surface area contributed by atoms with E-state index >= 15 is 0 Å². The van der Waals surface area contributed by atoms with Crippen LogP contribution in [0.2, 0.25) is 5.02 Å². The fraction of sp³-hybridized carbons (Fsp3) is 0.385. The first-order chi connectivity index (χ1) is 9.02. The number of carboxylic acids is 1. The average Bonchev–Trinajstić information content (AvgIpc) is 2.35. The van der Waals surface area contributed by atoms with Gasteiger partial charge in [0.2, 0.25) is 5.91 Å². The first kappa shape index (κ1) is 15.3. The summed E-state index contributed by atoms with van der Waals surface area (Å²) in [5.74, 6) is -0.812. The second-order valence-electron chi connectivity index (χ2n) is 3.92. The molecule has 104 valence electrons. The van der Waals surface area contributed by atoms with E-state index in [9.17, 15) is 9.59 Å². The van der Waals surface area contributed by atoms with Gasteiger partial charge in [-0.2, -0.15) is 0 Å². The maximum atomic E-state index is 11.5. The Hall–Kier alpha value is -1.75. The number of hydrogen-bond acceptors (Lipinski definition) is 3. The van der Waals surface area contributed by atoms with E-state index in [1.54, 1.807) is 31.2 Å². The Balaban J connectivity index is 2.33. The van der Waals surface area contributed by atoms with Crippen molar-refractivity contribution in [3.8, 4) is 5.75 Å². The number of ether oxygens (including phenoxy) is 1. The van der Waals surface area contributed by atoms with E-state index in [0.717, 1.165) is 0 Å². The Bertz CT molecular complexity index is 450. The van der Waals surface area contributed by atoms with Gasteiger partial charge in [0.1, 0.15) is 11.8 Å². The molecular formula is C13H16ClNO4. The van der Waals surface area contributed by atoms with E-state index in [-0.39, 0.29) is 18.9 Å². The van der Waals surface area contributed by atoms with Crippen LogP contribution in [0.3, 0.4) is 0 Å². The molecule has 0 aliphatic heterocycles. The smallest absolute Gasteiger partial charge is 0.326 e. The standard InChI is InChI=1S/C13H16ClNO4/c1-2-11(13(17)18)15-12(16)6-7-19-10-5-3-4-9(14)8-10/h3-5,8,11H,2,6-7H2,1H3,(H,15,16)(H,17,18)/t11-/m1/s1. The van der Waals surface area contributed by atoms with Gasteiger partial charge in [-0.3, -0.25) is 4.79 Å². The number of rotatable bonds is 7. The van der Waals surface area contributed by atoms with E-state index in [1.165, 1.54) is 0 Å². The van der Waals surface area contributed by atoms with Crippen LogP contribution in [0.1, 0.15) is 19.8 Å². The van der Waals surface area contributed by atoms with Gasteiger partial charge in [-0.1, -0.05) is 24.6 Å². The largest absolute Gasteiger partial charge is 0.493 e. The van der Waals surface area contributed by atoms with Crippen LogP contribution >= 0.6 is 11.6 Å². The summed E-state index contributed by atoms with van der Waals surface area (Å²) < 4.78 is 5.34. The van der Waals surface area contributed by atoms with Gasteiger partial charge in [0.15, 0.2) is 0 Å². The lowest BCUT2D eigenvalue weighted by Crippen LogP contribution is -2.40. The van der Waals surface area contributed by atoms with Crippen molar-refractivity contribution < 1.29 is 19.4 Å². The maximum Gasteiger partial charge on any atom is 0.326 e. The molecule has 1 amide bonds. The molecule has 0 aromatic heterocycles. The van der Waals surface area contributed by atoms with Crippen LogP contribution in [-0.2, 0) is 9.59 Å². The molecule has 0 saturated heterocycles. The van der Waals surface area contributed by atoms with Gasteiger partial charge in [-0.15, -0.1) is 0 Å². The zero-order valence-corrected chi connectivity index (χ0v) is 11.3. The van der Waals surface area contributed by atoms with E-state index in [2.05, 4.69) is 5.32 Å². The zero-order valence-electron chi connectivity index (χ0n) is 10.6. The number of nitrogens with one attached hydrogen (secondary N) is 1. The minimum Gasteiger partial charge on any atom is -0.493 e. The number of aliphatic carboxylic acids is 1. The van der Waals surface area contributed by atoms with Crippen molar-refractivity contribution in [3.63, 3.8) is 0 Å². The molecule has 0 bridgehead atoms. The van der Waals surface area contributed by atoms with Crippen molar-refractivity contribution in [1.82, 2.24) is 5.32 Å². The molecule has 19 heavy (non-hydrogen) atoms. The predicted molar refractivity (Wildman–Crippen MR) is 71.4 cm³/mol. The SMILES string of the molecule is CC[C@@H](NC(=O)CCOc1cccc(Cl)c1)C(=O)O. The van der Waals surface area contributed by atoms with Crippen molar-refractivity contribution in [2.45, 2.75) is 25.8 Å². The van der Waals surface area contributed by atoms with Gasteiger partial charge in [0.05, 0.1) is 13.0 Å². The van der Waals surface area contributed by atoms with E-state index < -0.39 is 12.0 Å². The highest BCUT2D eigenvalue weighted by atomic mass is 35.5. The van der Waals surface area contributed by atoms with E-state index in [1.807, 2.05) is 0 Å². The van der Waals surface area contributed by atoms with Crippen LogP contribution in [0.15, 0.2) is 24.3 Å². The second-order valence-corrected chi connectivity index (χ2v) is 4.36. The summed E-state index contributed by atoms with van der Waals surface area (Å²) in [6, 6.07) is 6.00. The molecule has 1 aromatic rings. The summed E-state index contributed by atoms with van der Waals surface area (Å²) in [6.45, 7) is 1.86. The number of halogens is 1. The average molecular weight is 286 g/mol. The molecule has 0 unspecified atom stereocenters. The second kappa shape index (κ2) is 7.63. The zero-order chi connectivity index (χ0) is 14.3. The minimum atomic E-state index is -1.04. The van der Waals surface area contributed by atoms with Crippen molar-refractivity contribution >= 4 is 23.5 Å². The summed E-state index contributed by atoms with van der Waals surface area (Å²) in [5.41, 5.74) is 0. The van der Waals surface area contributed by atoms with Crippen LogP contribution in [0.5, 0.6) is 5.75 Å². The number of benzene rings is 1. The Morgan fingerprint density at radius 1 is 1.47 bits per heavy atom. The molecule has 1 atom stereocenters. The third-order valence-electron chi connectivity index (χ3n) is 2.44. The molecule has 6 heteroatoms. The van der Waals surface area contributed by atoms with Gasteiger partial charge in [0, 0.05) is 5.02 Å². The third-order valence-corrected chi connectivity index (χ3v) is 2.67. The highest BCUT2D eigenvalue weighted by molar-refractivity contribution is 6.30. The van der Waals surface area contributed by atoms with Gasteiger partial charge >= 0.3 is 5.97 Å². The van der Waals surface area contributed by atoms with E-state index in [4.69, 9.17) is 21.4 Å². The summed E-state index contributed by atoms with van der Waals surface area (Å²) in [5, 5.41) is 11.8. The number of carboxylic acid groups (broad SMARTS) is 1. The summed E-state index contributed by atoms with van der Waals surface area (Å²) in [7, 11) is 0. The van der Waals surface area contributed by atoms with Gasteiger partial charge in [0.25, 0.3) is 0 Å². The molecule has 0 aliphatic rings. The molecule has 0 heterocycles. The van der Waals surface area contributed by atoms with Crippen LogP contribution in [-0.4, -0.2) is 29.6 Å². The summed E-state index contributed by atoms with van der Waals surface area (Å²) >= 11 is 5.78. The van der Waals surface area contributed by atoms with Gasteiger partial charge in [-0.25, -0.2) is 4.79 Å². The van der Waals surface area contributed by atoms with Crippen molar-refractivity contribution in [2.24, 2.45) is 0 Å². The lowest BCUT2D eigenvalue weighted by molar-refractivity contribution is -0.142. The van der Waals surface area contributed by atoms with Crippen molar-refractivity contribution in [2.75, 3.05) is 6.61 Å². The molecular weight excluding hydrogens is 270 g/mol. The van der Waals surface area contributed by atoms with Crippen LogP contribution in [0.4, 0.5) is 0 Å². The van der Waals surface area contributed by atoms with Crippen molar-refractivity contribution in [3.05, 3.63) is 29.3 Å². The molecule has 0 aliphatic carbocycles. The highest BCUT2D eigenvalue weighted by Crippen LogP contribution is 2.17. The fourth-order valence-corrected chi connectivity index (χ4v) is 1.60. The number of carbonyl (C=O) groups is 2. The Morgan fingerprint density at radius 2 is 2.21 bits per heavy atom. The quantitative estimate of drug-likeness (QED) is 0.804. The molecule has 1 aromatic carbocycles. The Kier molecular flexibility index (Phi) is 6.15. The molecule has 0 radical (unpaired) electrons. The Labute approximate surface area is 116 Å². The van der Waals surface area contributed by atoms with Crippen molar-refractivity contribution in [1.29, 1.82) is 0 Å². The highest BCUT2D eigenvalue weighted by Gasteiger charge is 2.17. The molecule has 0 saturated carbocycles. The third kappa shape index (κ3) is 5.61. The molecule has 2 N–H and O–H groups in total. The molecule has 1 rings (SSSR count). The number of amides is 1.